The van der Waals surface area contributed by atoms with Gasteiger partial charge in [-0.2, -0.15) is 4.98 Å². The highest BCUT2D eigenvalue weighted by Crippen LogP contribution is 2.20. The summed E-state index contributed by atoms with van der Waals surface area (Å²) in [6, 6.07) is 16.9. The van der Waals surface area contributed by atoms with Gasteiger partial charge in [-0.05, 0) is 29.8 Å². The largest absolute Gasteiger partial charge is 0.489 e. The summed E-state index contributed by atoms with van der Waals surface area (Å²) in [6.07, 6.45) is 0. The summed E-state index contributed by atoms with van der Waals surface area (Å²) in [6.45, 7) is 0.478. The average molecular weight is 296 g/mol. The molecule has 0 fully saturated rings. The van der Waals surface area contributed by atoms with E-state index in [1.165, 1.54) is 0 Å². The second-order valence-electron chi connectivity index (χ2n) is 4.53. The van der Waals surface area contributed by atoms with Crippen LogP contribution in [0.15, 0.2) is 59.1 Å². The number of benzene rings is 2. The fourth-order valence-electron chi connectivity index (χ4n) is 1.87. The first-order valence-electron chi connectivity index (χ1n) is 6.56. The van der Waals surface area contributed by atoms with Crippen LogP contribution >= 0.6 is 0 Å². The number of carbonyl (C=O) groups is 1. The Morgan fingerprint density at radius 1 is 1.09 bits per heavy atom. The van der Waals surface area contributed by atoms with Gasteiger partial charge in [-0.15, -0.1) is 0 Å². The second kappa shape index (κ2) is 6.09. The van der Waals surface area contributed by atoms with Gasteiger partial charge in [0.2, 0.25) is 5.82 Å². The number of nitrogens with zero attached hydrogens (tertiary/aromatic N) is 2. The van der Waals surface area contributed by atoms with Crippen molar-refractivity contribution in [3.05, 3.63) is 66.1 Å². The maximum atomic E-state index is 10.7. The molecule has 0 saturated heterocycles. The summed E-state index contributed by atoms with van der Waals surface area (Å²) in [5, 5.41) is 12.4. The molecule has 0 spiro atoms. The Labute approximate surface area is 126 Å². The van der Waals surface area contributed by atoms with E-state index in [4.69, 9.17) is 9.84 Å². The topological polar surface area (TPSA) is 85.5 Å². The molecule has 3 rings (SSSR count). The summed E-state index contributed by atoms with van der Waals surface area (Å²) in [4.78, 5) is 14.5. The molecule has 0 unspecified atom stereocenters. The minimum absolute atomic E-state index is 0.229. The summed E-state index contributed by atoms with van der Waals surface area (Å²) < 4.78 is 10.3. The standard InChI is InChI=1S/C16H12N2O4/c19-16(20)15-17-14(18-22-15)12-6-8-13(9-7-12)21-10-11-4-2-1-3-5-11/h1-9H,10H2,(H,19,20). The van der Waals surface area contributed by atoms with E-state index in [-0.39, 0.29) is 5.82 Å². The molecule has 1 aromatic heterocycles. The Hall–Kier alpha value is -3.15. The Morgan fingerprint density at radius 3 is 2.45 bits per heavy atom. The first-order valence-corrected chi connectivity index (χ1v) is 6.56. The van der Waals surface area contributed by atoms with E-state index in [0.717, 1.165) is 5.56 Å². The van der Waals surface area contributed by atoms with Crippen molar-refractivity contribution in [2.45, 2.75) is 6.61 Å². The molecule has 0 saturated carbocycles. The maximum absolute atomic E-state index is 10.7. The lowest BCUT2D eigenvalue weighted by Gasteiger charge is -2.06. The molecular formula is C16H12N2O4. The molecule has 110 valence electrons. The number of carboxylic acids is 1. The monoisotopic (exact) mass is 296 g/mol. The molecule has 0 aliphatic carbocycles. The molecule has 0 aliphatic rings. The molecule has 0 atom stereocenters. The molecule has 0 amide bonds. The predicted octanol–water partition coefficient (Wildman–Crippen LogP) is 3.01. The third-order valence-corrected chi connectivity index (χ3v) is 2.97. The number of hydrogen-bond acceptors (Lipinski definition) is 5. The molecular weight excluding hydrogens is 284 g/mol. The van der Waals surface area contributed by atoms with Gasteiger partial charge in [-0.3, -0.25) is 0 Å². The number of aromatic nitrogens is 2. The maximum Gasteiger partial charge on any atom is 0.394 e. The van der Waals surface area contributed by atoms with E-state index in [9.17, 15) is 4.79 Å². The molecule has 22 heavy (non-hydrogen) atoms. The minimum Gasteiger partial charge on any atom is -0.489 e. The van der Waals surface area contributed by atoms with E-state index in [0.29, 0.717) is 17.9 Å². The Kier molecular flexibility index (Phi) is 3.82. The highest BCUT2D eigenvalue weighted by Gasteiger charge is 2.14. The van der Waals surface area contributed by atoms with Gasteiger partial charge in [0, 0.05) is 5.56 Å². The van der Waals surface area contributed by atoms with Crippen LogP contribution in [0.5, 0.6) is 5.75 Å². The van der Waals surface area contributed by atoms with Crippen LogP contribution in [0.4, 0.5) is 0 Å². The van der Waals surface area contributed by atoms with Gasteiger partial charge < -0.3 is 14.4 Å². The van der Waals surface area contributed by atoms with Gasteiger partial charge >= 0.3 is 11.9 Å². The lowest BCUT2D eigenvalue weighted by Crippen LogP contribution is -1.96. The van der Waals surface area contributed by atoms with E-state index in [1.807, 2.05) is 30.3 Å². The first kappa shape index (κ1) is 13.8. The molecule has 3 aromatic rings. The van der Waals surface area contributed by atoms with Gasteiger partial charge in [-0.25, -0.2) is 4.79 Å². The van der Waals surface area contributed by atoms with Gasteiger partial charge in [0.15, 0.2) is 0 Å². The third-order valence-electron chi connectivity index (χ3n) is 2.97. The zero-order chi connectivity index (χ0) is 15.4. The summed E-state index contributed by atoms with van der Waals surface area (Å²) in [5.74, 6) is -0.748. The average Bonchev–Trinajstić information content (AvgIpc) is 3.05. The van der Waals surface area contributed by atoms with Crippen LogP contribution in [0, 0.1) is 0 Å². The zero-order valence-corrected chi connectivity index (χ0v) is 11.5. The minimum atomic E-state index is -1.25. The van der Waals surface area contributed by atoms with Crippen LogP contribution in [-0.2, 0) is 6.61 Å². The third kappa shape index (κ3) is 3.12. The summed E-state index contributed by atoms with van der Waals surface area (Å²) in [5.41, 5.74) is 1.74. The zero-order valence-electron chi connectivity index (χ0n) is 11.5. The van der Waals surface area contributed by atoms with E-state index >= 15 is 0 Å². The molecule has 1 N–H and O–H groups in total. The molecule has 1 heterocycles. The Bertz CT molecular complexity index is 766. The van der Waals surface area contributed by atoms with Crippen molar-refractivity contribution in [3.8, 4) is 17.1 Å². The highest BCUT2D eigenvalue weighted by atomic mass is 16.5. The van der Waals surface area contributed by atoms with Crippen molar-refractivity contribution in [1.82, 2.24) is 10.1 Å². The quantitative estimate of drug-likeness (QED) is 0.779. The van der Waals surface area contributed by atoms with E-state index in [1.54, 1.807) is 24.3 Å². The summed E-state index contributed by atoms with van der Waals surface area (Å²) in [7, 11) is 0. The molecule has 0 aliphatic heterocycles. The molecule has 0 bridgehead atoms. The molecule has 6 nitrogen and oxygen atoms in total. The van der Waals surface area contributed by atoms with Crippen molar-refractivity contribution in [1.29, 1.82) is 0 Å². The van der Waals surface area contributed by atoms with Gasteiger partial charge in [0.25, 0.3) is 0 Å². The van der Waals surface area contributed by atoms with Gasteiger partial charge in [0.05, 0.1) is 0 Å². The SMILES string of the molecule is O=C(O)c1nc(-c2ccc(OCc3ccccc3)cc2)no1. The highest BCUT2D eigenvalue weighted by molar-refractivity contribution is 5.82. The van der Waals surface area contributed by atoms with Crippen molar-refractivity contribution in [2.75, 3.05) is 0 Å². The number of carboxylic acid groups (broad SMARTS) is 1. The van der Waals surface area contributed by atoms with E-state index < -0.39 is 11.9 Å². The number of aromatic carboxylic acids is 1. The fourth-order valence-corrected chi connectivity index (χ4v) is 1.87. The van der Waals surface area contributed by atoms with Crippen LogP contribution in [-0.4, -0.2) is 21.2 Å². The fraction of sp³-hybridized carbons (Fsp3) is 0.0625. The lowest BCUT2D eigenvalue weighted by atomic mass is 10.2. The Balaban J connectivity index is 1.68. The van der Waals surface area contributed by atoms with Crippen molar-refractivity contribution >= 4 is 5.97 Å². The van der Waals surface area contributed by atoms with Crippen LogP contribution < -0.4 is 4.74 Å². The Morgan fingerprint density at radius 2 is 1.82 bits per heavy atom. The molecule has 0 radical (unpaired) electrons. The van der Waals surface area contributed by atoms with Crippen molar-refractivity contribution in [2.24, 2.45) is 0 Å². The van der Waals surface area contributed by atoms with Crippen molar-refractivity contribution < 1.29 is 19.2 Å². The number of rotatable bonds is 5. The van der Waals surface area contributed by atoms with Gasteiger partial charge in [0.1, 0.15) is 12.4 Å². The first-order chi connectivity index (χ1) is 10.7. The van der Waals surface area contributed by atoms with Crippen LogP contribution in [0.2, 0.25) is 0 Å². The lowest BCUT2D eigenvalue weighted by molar-refractivity contribution is 0.0643. The van der Waals surface area contributed by atoms with Crippen LogP contribution in [0.3, 0.4) is 0 Å². The predicted molar refractivity (Wildman–Crippen MR) is 77.5 cm³/mol. The number of ether oxygens (including phenoxy) is 1. The smallest absolute Gasteiger partial charge is 0.394 e. The number of hydrogen-bond donors (Lipinski definition) is 1. The second-order valence-corrected chi connectivity index (χ2v) is 4.53. The van der Waals surface area contributed by atoms with Crippen molar-refractivity contribution in [3.63, 3.8) is 0 Å². The molecule has 6 heteroatoms. The van der Waals surface area contributed by atoms with Crippen LogP contribution in [0.25, 0.3) is 11.4 Å². The summed E-state index contributed by atoms with van der Waals surface area (Å²) >= 11 is 0. The van der Waals surface area contributed by atoms with Crippen LogP contribution in [0.1, 0.15) is 16.2 Å². The van der Waals surface area contributed by atoms with Gasteiger partial charge in [-0.1, -0.05) is 35.5 Å². The normalized spacial score (nSPS) is 10.4. The van der Waals surface area contributed by atoms with E-state index in [2.05, 4.69) is 14.7 Å². The molecule has 2 aromatic carbocycles.